The predicted molar refractivity (Wildman–Crippen MR) is 73.0 cm³/mol. The van der Waals surface area contributed by atoms with Gasteiger partial charge in [0.15, 0.2) is 0 Å². The minimum absolute atomic E-state index is 0.0765. The number of aliphatic carboxylic acids is 1. The fourth-order valence-electron chi connectivity index (χ4n) is 2.80. The Morgan fingerprint density at radius 2 is 1.89 bits per heavy atom. The van der Waals surface area contributed by atoms with Crippen molar-refractivity contribution in [3.8, 4) is 5.75 Å². The van der Waals surface area contributed by atoms with Gasteiger partial charge in [0.25, 0.3) is 0 Å². The van der Waals surface area contributed by atoms with E-state index in [-0.39, 0.29) is 12.0 Å². The summed E-state index contributed by atoms with van der Waals surface area (Å²) in [5, 5.41) is 22.3. The van der Waals surface area contributed by atoms with Crippen LogP contribution in [0.25, 0.3) is 0 Å². The molecule has 0 saturated heterocycles. The second-order valence-electron chi connectivity index (χ2n) is 5.33. The van der Waals surface area contributed by atoms with E-state index in [2.05, 4.69) is 5.32 Å². The summed E-state index contributed by atoms with van der Waals surface area (Å²) < 4.78 is 0. The van der Waals surface area contributed by atoms with Crippen molar-refractivity contribution in [3.63, 3.8) is 0 Å². The number of hydrogen-bond acceptors (Lipinski definition) is 3. The molecular weight excluding hydrogens is 242 g/mol. The predicted octanol–water partition coefficient (Wildman–Crippen LogP) is 2.69. The van der Waals surface area contributed by atoms with E-state index in [1.165, 1.54) is 0 Å². The maximum absolute atomic E-state index is 10.9. The van der Waals surface area contributed by atoms with Gasteiger partial charge in [0.2, 0.25) is 0 Å². The fraction of sp³-hybridized carbons (Fsp3) is 0.533. The Morgan fingerprint density at radius 1 is 1.26 bits per heavy atom. The van der Waals surface area contributed by atoms with Gasteiger partial charge in [0, 0.05) is 17.6 Å². The molecule has 4 nitrogen and oxygen atoms in total. The molecule has 104 valence electrons. The van der Waals surface area contributed by atoms with Crippen molar-refractivity contribution in [3.05, 3.63) is 29.8 Å². The molecular formula is C15H21NO3. The largest absolute Gasteiger partial charge is 0.508 e. The SMILES string of the molecule is CC(NC1CCC(C(=O)O)CC1)c1ccccc1O. The first-order valence-corrected chi connectivity index (χ1v) is 6.84. The third-order valence-corrected chi connectivity index (χ3v) is 3.97. The molecule has 1 aliphatic rings. The number of carbonyl (C=O) groups is 1. The second-order valence-corrected chi connectivity index (χ2v) is 5.33. The highest BCUT2D eigenvalue weighted by atomic mass is 16.4. The topological polar surface area (TPSA) is 69.6 Å². The van der Waals surface area contributed by atoms with Crippen LogP contribution >= 0.6 is 0 Å². The highest BCUT2D eigenvalue weighted by molar-refractivity contribution is 5.70. The number of phenolic OH excluding ortho intramolecular Hbond substituents is 1. The van der Waals surface area contributed by atoms with E-state index >= 15 is 0 Å². The summed E-state index contributed by atoms with van der Waals surface area (Å²) >= 11 is 0. The van der Waals surface area contributed by atoms with Crippen LogP contribution in [0, 0.1) is 5.92 Å². The lowest BCUT2D eigenvalue weighted by Gasteiger charge is -2.29. The van der Waals surface area contributed by atoms with Gasteiger partial charge in [-0.1, -0.05) is 18.2 Å². The molecule has 1 saturated carbocycles. The minimum atomic E-state index is -0.674. The molecule has 3 N–H and O–H groups in total. The van der Waals surface area contributed by atoms with Crippen LogP contribution in [0.5, 0.6) is 5.75 Å². The van der Waals surface area contributed by atoms with E-state index in [1.54, 1.807) is 6.07 Å². The van der Waals surface area contributed by atoms with Crippen molar-refractivity contribution in [2.75, 3.05) is 0 Å². The molecule has 0 spiro atoms. The zero-order valence-corrected chi connectivity index (χ0v) is 11.2. The molecule has 1 atom stereocenters. The Kier molecular flexibility index (Phi) is 4.43. The van der Waals surface area contributed by atoms with Crippen LogP contribution in [0.3, 0.4) is 0 Å². The Balaban J connectivity index is 1.89. The van der Waals surface area contributed by atoms with Crippen molar-refractivity contribution in [1.82, 2.24) is 5.32 Å². The lowest BCUT2D eigenvalue weighted by Crippen LogP contribution is -2.36. The first-order chi connectivity index (χ1) is 9.08. The number of nitrogens with one attached hydrogen (secondary N) is 1. The molecule has 0 amide bonds. The Hall–Kier alpha value is -1.55. The number of aromatic hydroxyl groups is 1. The van der Waals surface area contributed by atoms with E-state index in [0.29, 0.717) is 11.8 Å². The number of phenols is 1. The number of rotatable bonds is 4. The van der Waals surface area contributed by atoms with Gasteiger partial charge in [-0.05, 0) is 38.7 Å². The van der Waals surface area contributed by atoms with Gasteiger partial charge < -0.3 is 15.5 Å². The van der Waals surface area contributed by atoms with Crippen LogP contribution in [-0.2, 0) is 4.79 Å². The lowest BCUT2D eigenvalue weighted by atomic mass is 9.85. The van der Waals surface area contributed by atoms with Gasteiger partial charge in [0.1, 0.15) is 5.75 Å². The van der Waals surface area contributed by atoms with Crippen LogP contribution < -0.4 is 5.32 Å². The summed E-state index contributed by atoms with van der Waals surface area (Å²) in [5.74, 6) is -0.549. The molecule has 4 heteroatoms. The highest BCUT2D eigenvalue weighted by Gasteiger charge is 2.26. The fourth-order valence-corrected chi connectivity index (χ4v) is 2.80. The average molecular weight is 263 g/mol. The van der Waals surface area contributed by atoms with E-state index in [4.69, 9.17) is 5.11 Å². The summed E-state index contributed by atoms with van der Waals surface area (Å²) in [5.41, 5.74) is 0.892. The van der Waals surface area contributed by atoms with Gasteiger partial charge in [-0.15, -0.1) is 0 Å². The normalized spacial score (nSPS) is 24.9. The van der Waals surface area contributed by atoms with Crippen LogP contribution in [0.15, 0.2) is 24.3 Å². The standard InChI is InChI=1S/C15H21NO3/c1-10(13-4-2-3-5-14(13)17)16-12-8-6-11(7-9-12)15(18)19/h2-5,10-12,16-17H,6-9H2,1H3,(H,18,19). The second kappa shape index (κ2) is 6.06. The number of carboxylic acids is 1. The lowest BCUT2D eigenvalue weighted by molar-refractivity contribution is -0.142. The Morgan fingerprint density at radius 3 is 2.47 bits per heavy atom. The molecule has 2 rings (SSSR count). The number of hydrogen-bond donors (Lipinski definition) is 3. The van der Waals surface area contributed by atoms with Crippen molar-refractivity contribution < 1.29 is 15.0 Å². The van der Waals surface area contributed by atoms with Crippen LogP contribution in [0.1, 0.15) is 44.2 Å². The van der Waals surface area contributed by atoms with Crippen molar-refractivity contribution >= 4 is 5.97 Å². The Bertz CT molecular complexity index is 439. The molecule has 1 aromatic carbocycles. The van der Waals surface area contributed by atoms with Crippen molar-refractivity contribution in [2.45, 2.75) is 44.7 Å². The molecule has 0 radical (unpaired) electrons. The smallest absolute Gasteiger partial charge is 0.306 e. The van der Waals surface area contributed by atoms with E-state index < -0.39 is 5.97 Å². The first kappa shape index (κ1) is 13.9. The molecule has 0 heterocycles. The number of carboxylic acid groups (broad SMARTS) is 1. The zero-order chi connectivity index (χ0) is 13.8. The number of benzene rings is 1. The van der Waals surface area contributed by atoms with Crippen molar-refractivity contribution in [2.24, 2.45) is 5.92 Å². The molecule has 0 aliphatic heterocycles. The van der Waals surface area contributed by atoms with Crippen LogP contribution in [0.2, 0.25) is 0 Å². The summed E-state index contributed by atoms with van der Waals surface area (Å²) in [6.45, 7) is 2.03. The highest BCUT2D eigenvalue weighted by Crippen LogP contribution is 2.28. The van der Waals surface area contributed by atoms with Crippen molar-refractivity contribution in [1.29, 1.82) is 0 Å². The van der Waals surface area contributed by atoms with Crippen LogP contribution in [0.4, 0.5) is 0 Å². The monoisotopic (exact) mass is 263 g/mol. The summed E-state index contributed by atoms with van der Waals surface area (Å²) in [4.78, 5) is 10.9. The summed E-state index contributed by atoms with van der Waals surface area (Å²) in [6, 6.07) is 7.74. The van der Waals surface area contributed by atoms with E-state index in [1.807, 2.05) is 25.1 Å². The minimum Gasteiger partial charge on any atom is -0.508 e. The first-order valence-electron chi connectivity index (χ1n) is 6.84. The summed E-state index contributed by atoms with van der Waals surface area (Å²) in [7, 11) is 0. The van der Waals surface area contributed by atoms with Crippen LogP contribution in [-0.4, -0.2) is 22.2 Å². The molecule has 1 fully saturated rings. The van der Waals surface area contributed by atoms with Gasteiger partial charge in [-0.2, -0.15) is 0 Å². The maximum Gasteiger partial charge on any atom is 0.306 e. The van der Waals surface area contributed by atoms with E-state index in [9.17, 15) is 9.90 Å². The maximum atomic E-state index is 10.9. The molecule has 19 heavy (non-hydrogen) atoms. The quantitative estimate of drug-likeness (QED) is 0.781. The molecule has 0 bridgehead atoms. The van der Waals surface area contributed by atoms with Gasteiger partial charge in [0.05, 0.1) is 5.92 Å². The van der Waals surface area contributed by atoms with E-state index in [0.717, 1.165) is 31.2 Å². The van der Waals surface area contributed by atoms with Gasteiger partial charge in [-0.25, -0.2) is 0 Å². The van der Waals surface area contributed by atoms with Gasteiger partial charge in [-0.3, -0.25) is 4.79 Å². The molecule has 1 unspecified atom stereocenters. The number of para-hydroxylation sites is 1. The molecule has 0 aromatic heterocycles. The summed E-state index contributed by atoms with van der Waals surface area (Å²) in [6.07, 6.45) is 3.24. The molecule has 1 aliphatic carbocycles. The average Bonchev–Trinajstić information content (AvgIpc) is 2.39. The van der Waals surface area contributed by atoms with Gasteiger partial charge >= 0.3 is 5.97 Å². The molecule has 1 aromatic rings. The third-order valence-electron chi connectivity index (χ3n) is 3.97. The zero-order valence-electron chi connectivity index (χ0n) is 11.2. The third kappa shape index (κ3) is 3.47. The Labute approximate surface area is 113 Å².